The van der Waals surface area contributed by atoms with Gasteiger partial charge in [0.1, 0.15) is 5.75 Å². The second-order valence-corrected chi connectivity index (χ2v) is 7.80. The number of phenolic OH excluding ortho intramolecular Hbond substituents is 1. The Bertz CT molecular complexity index is 608. The van der Waals surface area contributed by atoms with Gasteiger partial charge in [0.15, 0.2) is 0 Å². The SMILES string of the molecule is C=C(C)CN1CC[C@]23CCCC[C@H]2[C@H]1Cc1ccc(O)cc13. The number of benzene rings is 1. The van der Waals surface area contributed by atoms with Gasteiger partial charge in [-0.3, -0.25) is 4.90 Å². The topological polar surface area (TPSA) is 23.5 Å². The van der Waals surface area contributed by atoms with Gasteiger partial charge < -0.3 is 5.11 Å². The molecule has 0 unspecified atom stereocenters. The van der Waals surface area contributed by atoms with Crippen molar-refractivity contribution in [3.05, 3.63) is 41.5 Å². The minimum atomic E-state index is 0.334. The van der Waals surface area contributed by atoms with Crippen LogP contribution in [0.2, 0.25) is 0 Å². The van der Waals surface area contributed by atoms with E-state index in [0.717, 1.165) is 18.9 Å². The first-order chi connectivity index (χ1) is 10.6. The maximum atomic E-state index is 10.0. The van der Waals surface area contributed by atoms with E-state index in [9.17, 15) is 5.11 Å². The van der Waals surface area contributed by atoms with Crippen LogP contribution in [-0.4, -0.2) is 29.1 Å². The summed E-state index contributed by atoms with van der Waals surface area (Å²) in [5, 5.41) is 10.0. The Hall–Kier alpha value is -1.28. The highest BCUT2D eigenvalue weighted by Gasteiger charge is 2.53. The highest BCUT2D eigenvalue weighted by Crippen LogP contribution is 2.56. The molecule has 1 saturated heterocycles. The van der Waals surface area contributed by atoms with Crippen molar-refractivity contribution in [3.8, 4) is 5.75 Å². The Labute approximate surface area is 133 Å². The summed E-state index contributed by atoms with van der Waals surface area (Å²) in [7, 11) is 0. The van der Waals surface area contributed by atoms with Crippen molar-refractivity contribution in [1.82, 2.24) is 4.90 Å². The minimum Gasteiger partial charge on any atom is -0.508 e. The third-order valence-corrected chi connectivity index (χ3v) is 6.41. The van der Waals surface area contributed by atoms with Crippen LogP contribution in [0.4, 0.5) is 0 Å². The number of hydrogen-bond donors (Lipinski definition) is 1. The lowest BCUT2D eigenvalue weighted by molar-refractivity contribution is -0.00642. The fraction of sp³-hybridized carbons (Fsp3) is 0.600. The quantitative estimate of drug-likeness (QED) is 0.833. The molecule has 2 heteroatoms. The molecule has 1 aliphatic heterocycles. The second-order valence-electron chi connectivity index (χ2n) is 7.80. The highest BCUT2D eigenvalue weighted by molar-refractivity contribution is 5.45. The van der Waals surface area contributed by atoms with Crippen LogP contribution in [0, 0.1) is 5.92 Å². The van der Waals surface area contributed by atoms with Gasteiger partial charge in [0.2, 0.25) is 0 Å². The van der Waals surface area contributed by atoms with Gasteiger partial charge in [-0.15, -0.1) is 0 Å². The molecule has 22 heavy (non-hydrogen) atoms. The summed E-state index contributed by atoms with van der Waals surface area (Å²) < 4.78 is 0. The minimum absolute atomic E-state index is 0.334. The summed E-state index contributed by atoms with van der Waals surface area (Å²) in [5.74, 6) is 1.21. The number of nitrogens with zero attached hydrogens (tertiary/aromatic N) is 1. The molecule has 2 fully saturated rings. The van der Waals surface area contributed by atoms with E-state index in [1.54, 1.807) is 0 Å². The molecule has 3 aliphatic rings. The van der Waals surface area contributed by atoms with Crippen molar-refractivity contribution in [3.63, 3.8) is 0 Å². The molecule has 0 radical (unpaired) electrons. The summed E-state index contributed by atoms with van der Waals surface area (Å²) in [5.41, 5.74) is 4.57. The van der Waals surface area contributed by atoms with E-state index in [-0.39, 0.29) is 0 Å². The molecule has 1 saturated carbocycles. The lowest BCUT2D eigenvalue weighted by atomic mass is 9.52. The van der Waals surface area contributed by atoms with Gasteiger partial charge in [0.05, 0.1) is 0 Å². The van der Waals surface area contributed by atoms with Gasteiger partial charge in [-0.05, 0) is 68.3 Å². The standard InChI is InChI=1S/C20H27NO/c1-14(2)13-21-10-9-20-8-4-3-5-17(20)19(21)11-15-6-7-16(22)12-18(15)20/h6-7,12,17,19,22H,1,3-5,8-11,13H2,2H3/t17-,19+,20+/m0/s1. The maximum Gasteiger partial charge on any atom is 0.115 e. The van der Waals surface area contributed by atoms with Gasteiger partial charge in [-0.2, -0.15) is 0 Å². The molecule has 1 N–H and O–H groups in total. The van der Waals surface area contributed by atoms with E-state index in [1.807, 2.05) is 6.07 Å². The number of likely N-dealkylation sites (tertiary alicyclic amines) is 1. The molecule has 1 aromatic carbocycles. The summed E-state index contributed by atoms with van der Waals surface area (Å²) in [4.78, 5) is 2.69. The van der Waals surface area contributed by atoms with Crippen LogP contribution in [0.5, 0.6) is 5.75 Å². The first-order valence-electron chi connectivity index (χ1n) is 8.81. The van der Waals surface area contributed by atoms with Gasteiger partial charge in [-0.1, -0.05) is 31.1 Å². The molecule has 1 heterocycles. The first-order valence-corrected chi connectivity index (χ1v) is 8.81. The van der Waals surface area contributed by atoms with Gasteiger partial charge >= 0.3 is 0 Å². The van der Waals surface area contributed by atoms with Crippen LogP contribution in [0.15, 0.2) is 30.4 Å². The van der Waals surface area contributed by atoms with Crippen LogP contribution >= 0.6 is 0 Å². The zero-order chi connectivity index (χ0) is 15.3. The zero-order valence-corrected chi connectivity index (χ0v) is 13.6. The van der Waals surface area contributed by atoms with E-state index in [1.165, 1.54) is 55.3 Å². The third-order valence-electron chi connectivity index (χ3n) is 6.41. The Kier molecular flexibility index (Phi) is 3.34. The Morgan fingerprint density at radius 1 is 1.36 bits per heavy atom. The Morgan fingerprint density at radius 2 is 2.23 bits per heavy atom. The molecule has 2 bridgehead atoms. The average molecular weight is 297 g/mol. The molecule has 2 aliphatic carbocycles. The van der Waals surface area contributed by atoms with Crippen LogP contribution in [0.25, 0.3) is 0 Å². The number of hydrogen-bond acceptors (Lipinski definition) is 2. The predicted octanol–water partition coefficient (Wildman–Crippen LogP) is 4.03. The number of fused-ring (bicyclic) bond motifs is 1. The monoisotopic (exact) mass is 297 g/mol. The van der Waals surface area contributed by atoms with E-state index in [2.05, 4.69) is 30.5 Å². The number of piperidine rings is 1. The third kappa shape index (κ3) is 2.04. The van der Waals surface area contributed by atoms with Gasteiger partial charge in [-0.25, -0.2) is 0 Å². The van der Waals surface area contributed by atoms with Crippen molar-refractivity contribution in [2.75, 3.05) is 13.1 Å². The fourth-order valence-electron chi connectivity index (χ4n) is 5.62. The van der Waals surface area contributed by atoms with E-state index < -0.39 is 0 Å². The molecule has 1 aromatic rings. The van der Waals surface area contributed by atoms with E-state index in [4.69, 9.17) is 0 Å². The number of aromatic hydroxyl groups is 1. The molecule has 118 valence electrons. The summed E-state index contributed by atoms with van der Waals surface area (Å²) in [6, 6.07) is 6.80. The maximum absolute atomic E-state index is 10.0. The van der Waals surface area contributed by atoms with Crippen molar-refractivity contribution in [2.45, 2.75) is 56.9 Å². The number of rotatable bonds is 2. The molecule has 0 amide bonds. The van der Waals surface area contributed by atoms with Crippen LogP contribution in [-0.2, 0) is 11.8 Å². The lowest BCUT2D eigenvalue weighted by Gasteiger charge is -2.59. The van der Waals surface area contributed by atoms with Gasteiger partial charge in [0, 0.05) is 18.0 Å². The van der Waals surface area contributed by atoms with Crippen molar-refractivity contribution < 1.29 is 5.11 Å². The number of phenols is 1. The zero-order valence-electron chi connectivity index (χ0n) is 13.6. The fourth-order valence-corrected chi connectivity index (χ4v) is 5.62. The average Bonchev–Trinajstić information content (AvgIpc) is 2.50. The molecule has 3 atom stereocenters. The lowest BCUT2D eigenvalue weighted by Crippen LogP contribution is -2.61. The van der Waals surface area contributed by atoms with E-state index in [0.29, 0.717) is 17.2 Å². The van der Waals surface area contributed by atoms with Crippen LogP contribution in [0.1, 0.15) is 50.2 Å². The smallest absolute Gasteiger partial charge is 0.115 e. The molecule has 2 nitrogen and oxygen atoms in total. The Morgan fingerprint density at radius 3 is 3.05 bits per heavy atom. The molecule has 4 rings (SSSR count). The summed E-state index contributed by atoms with van der Waals surface area (Å²) in [6.45, 7) is 8.52. The second kappa shape index (κ2) is 5.13. The first kappa shape index (κ1) is 14.3. The van der Waals surface area contributed by atoms with Crippen LogP contribution in [0.3, 0.4) is 0 Å². The van der Waals surface area contributed by atoms with Crippen LogP contribution < -0.4 is 0 Å². The van der Waals surface area contributed by atoms with Crippen molar-refractivity contribution >= 4 is 0 Å². The highest BCUT2D eigenvalue weighted by atomic mass is 16.3. The normalized spacial score (nSPS) is 33.9. The Balaban J connectivity index is 1.80. The summed E-state index contributed by atoms with van der Waals surface area (Å²) in [6.07, 6.45) is 7.78. The molecular weight excluding hydrogens is 270 g/mol. The molecule has 0 aromatic heterocycles. The summed E-state index contributed by atoms with van der Waals surface area (Å²) >= 11 is 0. The molecule has 0 spiro atoms. The van der Waals surface area contributed by atoms with E-state index >= 15 is 0 Å². The molecular formula is C20H27NO. The van der Waals surface area contributed by atoms with Crippen molar-refractivity contribution in [2.24, 2.45) is 5.92 Å². The largest absolute Gasteiger partial charge is 0.508 e. The van der Waals surface area contributed by atoms with Gasteiger partial charge in [0.25, 0.3) is 0 Å². The predicted molar refractivity (Wildman–Crippen MR) is 90.2 cm³/mol. The van der Waals surface area contributed by atoms with Crippen molar-refractivity contribution in [1.29, 1.82) is 0 Å².